The Morgan fingerprint density at radius 3 is 2.26 bits per heavy atom. The van der Waals surface area contributed by atoms with Gasteiger partial charge in [-0.1, -0.05) is 13.8 Å². The molecule has 2 amide bonds. The van der Waals surface area contributed by atoms with E-state index in [1.54, 1.807) is 35.5 Å². The number of carbonyl (C=O) groups is 2. The average Bonchev–Trinajstić information content (AvgIpc) is 3.08. The van der Waals surface area contributed by atoms with Crippen molar-refractivity contribution in [1.82, 2.24) is 15.1 Å². The standard InChI is InChI=1S/C17H22N4O2/c1-3-5-21(6-4-2)17(23)14-8-12(15-10-19-20-11-15)7-13(9-14)16(18)22/h7-11H,3-6H2,1-2H3,(H2,18,22)(H,19,20). The van der Waals surface area contributed by atoms with Crippen molar-refractivity contribution >= 4 is 11.8 Å². The molecule has 6 heteroatoms. The van der Waals surface area contributed by atoms with Crippen molar-refractivity contribution in [2.75, 3.05) is 13.1 Å². The second-order valence-corrected chi connectivity index (χ2v) is 5.44. The number of primary amides is 1. The van der Waals surface area contributed by atoms with E-state index in [1.165, 1.54) is 0 Å². The number of nitrogens with one attached hydrogen (secondary N) is 1. The van der Waals surface area contributed by atoms with Crippen LogP contribution in [0.25, 0.3) is 11.1 Å². The van der Waals surface area contributed by atoms with Crippen LogP contribution in [-0.4, -0.2) is 40.0 Å². The van der Waals surface area contributed by atoms with Gasteiger partial charge in [-0.15, -0.1) is 0 Å². The molecule has 0 saturated heterocycles. The van der Waals surface area contributed by atoms with Crippen molar-refractivity contribution in [3.05, 3.63) is 41.7 Å². The normalized spacial score (nSPS) is 10.5. The molecule has 0 spiro atoms. The summed E-state index contributed by atoms with van der Waals surface area (Å²) in [5.41, 5.74) is 7.75. The highest BCUT2D eigenvalue weighted by Crippen LogP contribution is 2.22. The molecular weight excluding hydrogens is 292 g/mol. The first-order valence-corrected chi connectivity index (χ1v) is 7.80. The second-order valence-electron chi connectivity index (χ2n) is 5.44. The molecule has 0 atom stereocenters. The maximum atomic E-state index is 12.8. The highest BCUT2D eigenvalue weighted by atomic mass is 16.2. The van der Waals surface area contributed by atoms with Crippen LogP contribution in [0.5, 0.6) is 0 Å². The quantitative estimate of drug-likeness (QED) is 0.822. The monoisotopic (exact) mass is 314 g/mol. The lowest BCUT2D eigenvalue weighted by Gasteiger charge is -2.22. The van der Waals surface area contributed by atoms with Crippen molar-refractivity contribution in [1.29, 1.82) is 0 Å². The molecule has 0 aliphatic carbocycles. The number of hydrogen-bond donors (Lipinski definition) is 2. The van der Waals surface area contributed by atoms with Gasteiger partial charge in [0.1, 0.15) is 0 Å². The number of H-pyrrole nitrogens is 1. The smallest absolute Gasteiger partial charge is 0.253 e. The molecule has 0 aliphatic rings. The third-order valence-corrected chi connectivity index (χ3v) is 3.57. The van der Waals surface area contributed by atoms with Gasteiger partial charge >= 0.3 is 0 Å². The average molecular weight is 314 g/mol. The van der Waals surface area contributed by atoms with Gasteiger partial charge in [-0.25, -0.2) is 0 Å². The summed E-state index contributed by atoms with van der Waals surface area (Å²) in [6, 6.07) is 5.01. The second kappa shape index (κ2) is 7.58. The van der Waals surface area contributed by atoms with Gasteiger partial charge in [0.15, 0.2) is 0 Å². The van der Waals surface area contributed by atoms with Gasteiger partial charge < -0.3 is 10.6 Å². The third kappa shape index (κ3) is 3.97. The van der Waals surface area contributed by atoms with Gasteiger partial charge in [0.25, 0.3) is 5.91 Å². The van der Waals surface area contributed by atoms with E-state index in [0.717, 1.165) is 24.0 Å². The predicted octanol–water partition coefficient (Wildman–Crippen LogP) is 2.44. The molecular formula is C17H22N4O2. The zero-order chi connectivity index (χ0) is 16.8. The van der Waals surface area contributed by atoms with Crippen LogP contribution < -0.4 is 5.73 Å². The van der Waals surface area contributed by atoms with Gasteiger partial charge in [-0.3, -0.25) is 14.7 Å². The molecule has 1 aromatic heterocycles. The van der Waals surface area contributed by atoms with Gasteiger partial charge in [-0.05, 0) is 36.6 Å². The Labute approximate surface area is 135 Å². The van der Waals surface area contributed by atoms with Crippen LogP contribution >= 0.6 is 0 Å². The van der Waals surface area contributed by atoms with E-state index in [0.29, 0.717) is 24.2 Å². The molecule has 2 aromatic rings. The van der Waals surface area contributed by atoms with Gasteiger partial charge in [0.05, 0.1) is 6.20 Å². The molecule has 122 valence electrons. The molecule has 0 bridgehead atoms. The van der Waals surface area contributed by atoms with Crippen LogP contribution in [0.1, 0.15) is 47.4 Å². The summed E-state index contributed by atoms with van der Waals surface area (Å²) in [5.74, 6) is -0.636. The molecule has 0 radical (unpaired) electrons. The van der Waals surface area contributed by atoms with Crippen molar-refractivity contribution in [3.63, 3.8) is 0 Å². The molecule has 0 fully saturated rings. The summed E-state index contributed by atoms with van der Waals surface area (Å²) >= 11 is 0. The summed E-state index contributed by atoms with van der Waals surface area (Å²) in [6.07, 6.45) is 5.13. The maximum Gasteiger partial charge on any atom is 0.253 e. The Kier molecular flexibility index (Phi) is 5.51. The van der Waals surface area contributed by atoms with Crippen molar-refractivity contribution < 1.29 is 9.59 Å². The zero-order valence-corrected chi connectivity index (χ0v) is 13.5. The fraction of sp³-hybridized carbons (Fsp3) is 0.353. The number of carbonyl (C=O) groups excluding carboxylic acids is 2. The molecule has 6 nitrogen and oxygen atoms in total. The lowest BCUT2D eigenvalue weighted by Crippen LogP contribution is -2.32. The highest BCUT2D eigenvalue weighted by Gasteiger charge is 2.17. The largest absolute Gasteiger partial charge is 0.366 e. The van der Waals surface area contributed by atoms with Crippen LogP contribution in [0.2, 0.25) is 0 Å². The van der Waals surface area contributed by atoms with Gasteiger partial charge in [0, 0.05) is 36.0 Å². The number of rotatable bonds is 7. The van der Waals surface area contributed by atoms with E-state index in [9.17, 15) is 9.59 Å². The fourth-order valence-electron chi connectivity index (χ4n) is 2.51. The number of aromatic nitrogens is 2. The number of nitrogens with zero attached hydrogens (tertiary/aromatic N) is 2. The Bertz CT molecular complexity index is 674. The lowest BCUT2D eigenvalue weighted by molar-refractivity contribution is 0.0755. The molecule has 23 heavy (non-hydrogen) atoms. The number of nitrogens with two attached hydrogens (primary N) is 1. The van der Waals surface area contributed by atoms with Crippen molar-refractivity contribution in [3.8, 4) is 11.1 Å². The minimum atomic E-state index is -0.554. The minimum absolute atomic E-state index is 0.0819. The summed E-state index contributed by atoms with van der Waals surface area (Å²) in [7, 11) is 0. The Morgan fingerprint density at radius 2 is 1.74 bits per heavy atom. The number of hydrogen-bond acceptors (Lipinski definition) is 3. The fourth-order valence-corrected chi connectivity index (χ4v) is 2.51. The Morgan fingerprint density at radius 1 is 1.09 bits per heavy atom. The summed E-state index contributed by atoms with van der Waals surface area (Å²) in [5, 5.41) is 6.63. The molecule has 0 aliphatic heterocycles. The number of aromatic amines is 1. The van der Waals surface area contributed by atoms with Crippen LogP contribution in [0.15, 0.2) is 30.6 Å². The Balaban J connectivity index is 2.44. The van der Waals surface area contributed by atoms with Crippen LogP contribution in [0, 0.1) is 0 Å². The molecule has 1 aromatic carbocycles. The SMILES string of the molecule is CCCN(CCC)C(=O)c1cc(C(N)=O)cc(-c2cn[nH]c2)c1. The van der Waals surface area contributed by atoms with E-state index < -0.39 is 5.91 Å². The van der Waals surface area contributed by atoms with E-state index >= 15 is 0 Å². The number of amides is 2. The van der Waals surface area contributed by atoms with Crippen LogP contribution in [0.4, 0.5) is 0 Å². The molecule has 3 N–H and O–H groups in total. The Hall–Kier alpha value is -2.63. The minimum Gasteiger partial charge on any atom is -0.366 e. The van der Waals surface area contributed by atoms with Crippen LogP contribution in [-0.2, 0) is 0 Å². The first kappa shape index (κ1) is 16.7. The molecule has 2 rings (SSSR count). The van der Waals surface area contributed by atoms with Crippen LogP contribution in [0.3, 0.4) is 0 Å². The zero-order valence-electron chi connectivity index (χ0n) is 13.5. The highest BCUT2D eigenvalue weighted by molar-refractivity contribution is 6.01. The van der Waals surface area contributed by atoms with E-state index in [2.05, 4.69) is 10.2 Å². The maximum absolute atomic E-state index is 12.8. The van der Waals surface area contributed by atoms with Crippen molar-refractivity contribution in [2.45, 2.75) is 26.7 Å². The molecule has 0 saturated carbocycles. The third-order valence-electron chi connectivity index (χ3n) is 3.57. The van der Waals surface area contributed by atoms with E-state index in [1.807, 2.05) is 13.8 Å². The van der Waals surface area contributed by atoms with Gasteiger partial charge in [0.2, 0.25) is 5.91 Å². The topological polar surface area (TPSA) is 92.1 Å². The van der Waals surface area contributed by atoms with E-state index in [4.69, 9.17) is 5.73 Å². The predicted molar refractivity (Wildman–Crippen MR) is 89.0 cm³/mol. The summed E-state index contributed by atoms with van der Waals surface area (Å²) in [6.45, 7) is 5.45. The lowest BCUT2D eigenvalue weighted by atomic mass is 10.0. The summed E-state index contributed by atoms with van der Waals surface area (Å²) in [4.78, 5) is 26.2. The first-order chi connectivity index (χ1) is 11.1. The first-order valence-electron chi connectivity index (χ1n) is 7.80. The number of benzene rings is 1. The van der Waals surface area contributed by atoms with Crippen molar-refractivity contribution in [2.24, 2.45) is 5.73 Å². The summed E-state index contributed by atoms with van der Waals surface area (Å²) < 4.78 is 0. The molecule has 1 heterocycles. The van der Waals surface area contributed by atoms with E-state index in [-0.39, 0.29) is 5.91 Å². The van der Waals surface area contributed by atoms with Gasteiger partial charge in [-0.2, -0.15) is 5.10 Å². The molecule has 0 unspecified atom stereocenters.